The third kappa shape index (κ3) is 5.25. The molecule has 1 fully saturated rings. The van der Waals surface area contributed by atoms with Crippen molar-refractivity contribution in [3.8, 4) is 5.75 Å². The molecule has 2 N–H and O–H groups in total. The van der Waals surface area contributed by atoms with Crippen LogP contribution in [0.1, 0.15) is 18.4 Å². The molecule has 0 atom stereocenters. The van der Waals surface area contributed by atoms with Crippen LogP contribution in [0.25, 0.3) is 6.08 Å². The number of carboxylic acids is 1. The van der Waals surface area contributed by atoms with Crippen LogP contribution in [-0.4, -0.2) is 30.1 Å². The maximum atomic E-state index is 13.7. The molecule has 1 aromatic rings. The van der Waals surface area contributed by atoms with Crippen molar-refractivity contribution < 1.29 is 23.8 Å². The fourth-order valence-electron chi connectivity index (χ4n) is 1.68. The van der Waals surface area contributed by atoms with Gasteiger partial charge in [-0.1, -0.05) is 6.07 Å². The Morgan fingerprint density at radius 3 is 2.81 bits per heavy atom. The number of hydrogen-bond donors (Lipinski definition) is 2. The van der Waals surface area contributed by atoms with E-state index in [0.29, 0.717) is 18.0 Å². The molecule has 1 aliphatic carbocycles. The fraction of sp³-hybridized carbons (Fsp3) is 0.333. The molecule has 0 radical (unpaired) electrons. The van der Waals surface area contributed by atoms with E-state index >= 15 is 0 Å². The summed E-state index contributed by atoms with van der Waals surface area (Å²) < 4.78 is 18.8. The average molecular weight is 293 g/mol. The number of benzene rings is 1. The van der Waals surface area contributed by atoms with Crippen molar-refractivity contribution in [2.75, 3.05) is 13.2 Å². The summed E-state index contributed by atoms with van der Waals surface area (Å²) in [4.78, 5) is 21.8. The molecular weight excluding hydrogens is 277 g/mol. The summed E-state index contributed by atoms with van der Waals surface area (Å²) in [5.74, 6) is -1.49. The maximum absolute atomic E-state index is 13.7. The molecule has 0 spiro atoms. The van der Waals surface area contributed by atoms with Crippen molar-refractivity contribution in [1.82, 2.24) is 5.32 Å². The number of carboxylic acid groups (broad SMARTS) is 1. The number of halogens is 1. The lowest BCUT2D eigenvalue weighted by Crippen LogP contribution is -2.30. The Kier molecular flexibility index (Phi) is 4.92. The summed E-state index contributed by atoms with van der Waals surface area (Å²) in [6, 6.07) is 4.03. The molecular formula is C15H16FNO4. The first kappa shape index (κ1) is 15.0. The first-order chi connectivity index (χ1) is 10.0. The summed E-state index contributed by atoms with van der Waals surface area (Å²) in [6.45, 7) is 0.400. The third-order valence-electron chi connectivity index (χ3n) is 3.02. The molecule has 1 aromatic carbocycles. The number of hydrogen-bond acceptors (Lipinski definition) is 3. The van der Waals surface area contributed by atoms with Gasteiger partial charge in [0.25, 0.3) is 5.91 Å². The number of rotatable bonds is 7. The quantitative estimate of drug-likeness (QED) is 0.752. The highest BCUT2D eigenvalue weighted by Crippen LogP contribution is 2.27. The minimum atomic E-state index is -1.11. The summed E-state index contributed by atoms with van der Waals surface area (Å²) in [5.41, 5.74) is 0.403. The minimum absolute atomic E-state index is 0.0379. The maximum Gasteiger partial charge on any atom is 0.328 e. The molecule has 6 heteroatoms. The summed E-state index contributed by atoms with van der Waals surface area (Å²) >= 11 is 0. The van der Waals surface area contributed by atoms with Crippen LogP contribution in [0.4, 0.5) is 4.39 Å². The van der Waals surface area contributed by atoms with Gasteiger partial charge >= 0.3 is 5.97 Å². The molecule has 1 saturated carbocycles. The van der Waals surface area contributed by atoms with E-state index in [9.17, 15) is 14.0 Å². The highest BCUT2D eigenvalue weighted by molar-refractivity contribution is 5.85. The normalized spacial score (nSPS) is 14.1. The predicted molar refractivity (Wildman–Crippen MR) is 74.3 cm³/mol. The molecule has 0 heterocycles. The highest BCUT2D eigenvalue weighted by Gasteiger charge is 2.21. The van der Waals surface area contributed by atoms with Gasteiger partial charge in [0.05, 0.1) is 0 Å². The molecule has 0 aliphatic heterocycles. The van der Waals surface area contributed by atoms with E-state index in [0.717, 1.165) is 25.0 Å². The van der Waals surface area contributed by atoms with Gasteiger partial charge in [0.15, 0.2) is 18.2 Å². The summed E-state index contributed by atoms with van der Waals surface area (Å²) in [6.07, 6.45) is 4.47. The van der Waals surface area contributed by atoms with Crippen LogP contribution < -0.4 is 10.1 Å². The molecule has 1 aliphatic rings. The Bertz CT molecular complexity index is 567. The zero-order valence-electron chi connectivity index (χ0n) is 11.3. The molecule has 0 saturated heterocycles. The van der Waals surface area contributed by atoms with Crippen LogP contribution in [0, 0.1) is 11.7 Å². The topological polar surface area (TPSA) is 75.6 Å². The fourth-order valence-corrected chi connectivity index (χ4v) is 1.68. The van der Waals surface area contributed by atoms with E-state index in [1.165, 1.54) is 18.2 Å². The van der Waals surface area contributed by atoms with Gasteiger partial charge in [-0.3, -0.25) is 4.79 Å². The van der Waals surface area contributed by atoms with Crippen molar-refractivity contribution in [3.05, 3.63) is 35.7 Å². The Hall–Kier alpha value is -2.37. The second kappa shape index (κ2) is 6.88. The van der Waals surface area contributed by atoms with Gasteiger partial charge < -0.3 is 15.2 Å². The number of ether oxygens (including phenoxy) is 1. The van der Waals surface area contributed by atoms with Crippen molar-refractivity contribution in [1.29, 1.82) is 0 Å². The zero-order valence-corrected chi connectivity index (χ0v) is 11.3. The van der Waals surface area contributed by atoms with Gasteiger partial charge in [0, 0.05) is 12.6 Å². The second-order valence-electron chi connectivity index (χ2n) is 4.90. The Morgan fingerprint density at radius 1 is 1.43 bits per heavy atom. The van der Waals surface area contributed by atoms with E-state index in [-0.39, 0.29) is 18.3 Å². The zero-order chi connectivity index (χ0) is 15.2. The molecule has 112 valence electrons. The third-order valence-corrected chi connectivity index (χ3v) is 3.02. The lowest BCUT2D eigenvalue weighted by molar-refractivity contribution is -0.131. The van der Waals surface area contributed by atoms with Crippen molar-refractivity contribution in [2.45, 2.75) is 12.8 Å². The molecule has 5 nitrogen and oxygen atoms in total. The predicted octanol–water partition coefficient (Wildman–Crippen LogP) is 1.83. The number of aliphatic carboxylic acids is 1. The first-order valence-corrected chi connectivity index (χ1v) is 6.64. The van der Waals surface area contributed by atoms with Crippen molar-refractivity contribution in [3.63, 3.8) is 0 Å². The number of carbonyl (C=O) groups excluding carboxylic acids is 1. The van der Waals surface area contributed by atoms with E-state index in [4.69, 9.17) is 9.84 Å². The van der Waals surface area contributed by atoms with Gasteiger partial charge in [0.1, 0.15) is 0 Å². The molecule has 2 rings (SSSR count). The number of carbonyl (C=O) groups is 2. The monoisotopic (exact) mass is 293 g/mol. The van der Waals surface area contributed by atoms with Crippen LogP contribution in [0.15, 0.2) is 24.3 Å². The van der Waals surface area contributed by atoms with E-state index in [1.54, 1.807) is 0 Å². The SMILES string of the molecule is O=C(O)/C=C/c1ccc(OCC(=O)NCC2CC2)c(F)c1. The van der Waals surface area contributed by atoms with Crippen molar-refractivity contribution in [2.24, 2.45) is 5.92 Å². The van der Waals surface area contributed by atoms with Crippen LogP contribution >= 0.6 is 0 Å². The second-order valence-corrected chi connectivity index (χ2v) is 4.90. The van der Waals surface area contributed by atoms with Gasteiger partial charge in [-0.25, -0.2) is 9.18 Å². The highest BCUT2D eigenvalue weighted by atomic mass is 19.1. The van der Waals surface area contributed by atoms with Gasteiger partial charge in [-0.2, -0.15) is 0 Å². The van der Waals surface area contributed by atoms with Gasteiger partial charge in [-0.05, 0) is 42.5 Å². The van der Waals surface area contributed by atoms with Crippen molar-refractivity contribution >= 4 is 18.0 Å². The van der Waals surface area contributed by atoms with E-state index in [1.807, 2.05) is 0 Å². The molecule has 1 amide bonds. The van der Waals surface area contributed by atoms with Crippen LogP contribution in [0.3, 0.4) is 0 Å². The van der Waals surface area contributed by atoms with Gasteiger partial charge in [0.2, 0.25) is 0 Å². The van der Waals surface area contributed by atoms with Gasteiger partial charge in [-0.15, -0.1) is 0 Å². The summed E-state index contributed by atoms with van der Waals surface area (Å²) in [5, 5.41) is 11.2. The molecule has 0 unspecified atom stereocenters. The largest absolute Gasteiger partial charge is 0.481 e. The molecule has 0 aromatic heterocycles. The first-order valence-electron chi connectivity index (χ1n) is 6.64. The number of nitrogens with one attached hydrogen (secondary N) is 1. The minimum Gasteiger partial charge on any atom is -0.481 e. The average Bonchev–Trinajstić information content (AvgIpc) is 3.26. The Morgan fingerprint density at radius 2 is 2.19 bits per heavy atom. The van der Waals surface area contributed by atoms with Crippen LogP contribution in [-0.2, 0) is 9.59 Å². The van der Waals surface area contributed by atoms with Crippen LogP contribution in [0.5, 0.6) is 5.75 Å². The summed E-state index contributed by atoms with van der Waals surface area (Å²) in [7, 11) is 0. The lowest BCUT2D eigenvalue weighted by atomic mass is 10.2. The van der Waals surface area contributed by atoms with E-state index in [2.05, 4.69) is 5.32 Å². The lowest BCUT2D eigenvalue weighted by Gasteiger charge is -2.08. The smallest absolute Gasteiger partial charge is 0.328 e. The van der Waals surface area contributed by atoms with Crippen LogP contribution in [0.2, 0.25) is 0 Å². The van der Waals surface area contributed by atoms with E-state index < -0.39 is 11.8 Å². The standard InChI is InChI=1S/C15H16FNO4/c16-12-7-10(4-6-15(19)20)3-5-13(12)21-9-14(18)17-8-11-1-2-11/h3-7,11H,1-2,8-9H2,(H,17,18)(H,19,20)/b6-4+. The molecule has 0 bridgehead atoms. The Balaban J connectivity index is 1.84. The number of amides is 1. The molecule has 21 heavy (non-hydrogen) atoms. The Labute approximate surface area is 121 Å².